The predicted octanol–water partition coefficient (Wildman–Crippen LogP) is 2.40. The molecular weight excluding hydrogens is 216 g/mol. The van der Waals surface area contributed by atoms with Crippen molar-refractivity contribution in [2.75, 3.05) is 19.8 Å². The van der Waals surface area contributed by atoms with Crippen molar-refractivity contribution in [2.45, 2.75) is 13.2 Å². The molecule has 15 heavy (non-hydrogen) atoms. The van der Waals surface area contributed by atoms with Gasteiger partial charge in [-0.25, -0.2) is 0 Å². The molecule has 0 aliphatic carbocycles. The quantitative estimate of drug-likeness (QED) is 0.795. The Morgan fingerprint density at radius 3 is 2.87 bits per heavy atom. The van der Waals surface area contributed by atoms with Crippen molar-refractivity contribution in [3.63, 3.8) is 0 Å². The summed E-state index contributed by atoms with van der Waals surface area (Å²) < 4.78 is 16.0. The molecule has 1 aromatic rings. The van der Waals surface area contributed by atoms with Gasteiger partial charge in [-0.3, -0.25) is 0 Å². The Morgan fingerprint density at radius 1 is 1.40 bits per heavy atom. The summed E-state index contributed by atoms with van der Waals surface area (Å²) >= 11 is 5.98. The smallest absolute Gasteiger partial charge is 0.191 e. The summed E-state index contributed by atoms with van der Waals surface area (Å²) in [5.74, 6) is 0.677. The van der Waals surface area contributed by atoms with Crippen LogP contribution in [-0.2, 0) is 9.47 Å². The SMILES string of the molecule is Cc1ccc(Cl)c(OCC2OCCO2)c1. The lowest BCUT2D eigenvalue weighted by atomic mass is 10.2. The highest BCUT2D eigenvalue weighted by Crippen LogP contribution is 2.25. The van der Waals surface area contributed by atoms with E-state index < -0.39 is 0 Å². The molecule has 0 saturated carbocycles. The van der Waals surface area contributed by atoms with Crippen LogP contribution in [0.3, 0.4) is 0 Å². The zero-order valence-corrected chi connectivity index (χ0v) is 9.29. The van der Waals surface area contributed by atoms with E-state index in [-0.39, 0.29) is 6.29 Å². The molecule has 0 bridgehead atoms. The van der Waals surface area contributed by atoms with Crippen molar-refractivity contribution in [2.24, 2.45) is 0 Å². The molecular formula is C11H13ClO3. The molecule has 0 atom stereocenters. The standard InChI is InChI=1S/C11H13ClO3/c1-8-2-3-9(12)10(6-8)15-7-11-13-4-5-14-11/h2-3,6,11H,4-5,7H2,1H3. The van der Waals surface area contributed by atoms with Gasteiger partial charge in [0.05, 0.1) is 18.2 Å². The normalized spacial score (nSPS) is 16.9. The summed E-state index contributed by atoms with van der Waals surface area (Å²) in [5.41, 5.74) is 1.11. The first-order valence-electron chi connectivity index (χ1n) is 4.88. The van der Waals surface area contributed by atoms with Gasteiger partial charge in [0.15, 0.2) is 6.29 Å². The first-order valence-corrected chi connectivity index (χ1v) is 5.25. The van der Waals surface area contributed by atoms with Crippen LogP contribution in [0.15, 0.2) is 18.2 Å². The van der Waals surface area contributed by atoms with Crippen LogP contribution in [0.4, 0.5) is 0 Å². The van der Waals surface area contributed by atoms with Gasteiger partial charge in [0, 0.05) is 0 Å². The van der Waals surface area contributed by atoms with Gasteiger partial charge in [0.2, 0.25) is 0 Å². The van der Waals surface area contributed by atoms with Crippen LogP contribution in [0.5, 0.6) is 5.75 Å². The molecule has 0 amide bonds. The van der Waals surface area contributed by atoms with Gasteiger partial charge in [-0.05, 0) is 24.6 Å². The van der Waals surface area contributed by atoms with Crippen LogP contribution >= 0.6 is 11.6 Å². The van der Waals surface area contributed by atoms with Crippen LogP contribution in [0.1, 0.15) is 5.56 Å². The maximum atomic E-state index is 5.98. The maximum Gasteiger partial charge on any atom is 0.191 e. The number of hydrogen-bond acceptors (Lipinski definition) is 3. The third-order valence-corrected chi connectivity index (χ3v) is 2.46. The summed E-state index contributed by atoms with van der Waals surface area (Å²) in [5, 5.41) is 0.610. The van der Waals surface area contributed by atoms with Gasteiger partial charge in [0.1, 0.15) is 12.4 Å². The molecule has 1 fully saturated rings. The monoisotopic (exact) mass is 228 g/mol. The molecule has 1 aliphatic rings. The number of hydrogen-bond donors (Lipinski definition) is 0. The van der Waals surface area contributed by atoms with Crippen molar-refractivity contribution in [3.8, 4) is 5.75 Å². The average Bonchev–Trinajstić information content (AvgIpc) is 2.72. The van der Waals surface area contributed by atoms with Crippen molar-refractivity contribution in [1.29, 1.82) is 0 Å². The Balaban J connectivity index is 1.94. The number of ether oxygens (including phenoxy) is 3. The summed E-state index contributed by atoms with van der Waals surface area (Å²) in [6.45, 7) is 3.64. The van der Waals surface area contributed by atoms with Crippen molar-refractivity contribution in [1.82, 2.24) is 0 Å². The fraction of sp³-hybridized carbons (Fsp3) is 0.455. The highest BCUT2D eigenvalue weighted by molar-refractivity contribution is 6.32. The Bertz CT molecular complexity index is 335. The first-order chi connectivity index (χ1) is 7.25. The minimum atomic E-state index is -0.262. The molecule has 82 valence electrons. The van der Waals surface area contributed by atoms with E-state index in [4.69, 9.17) is 25.8 Å². The highest BCUT2D eigenvalue weighted by Gasteiger charge is 2.16. The van der Waals surface area contributed by atoms with Gasteiger partial charge in [-0.15, -0.1) is 0 Å². The van der Waals surface area contributed by atoms with E-state index >= 15 is 0 Å². The highest BCUT2D eigenvalue weighted by atomic mass is 35.5. The second kappa shape index (κ2) is 4.84. The number of rotatable bonds is 3. The summed E-state index contributed by atoms with van der Waals surface area (Å²) in [6, 6.07) is 5.66. The first kappa shape index (κ1) is 10.7. The van der Waals surface area contributed by atoms with E-state index in [1.165, 1.54) is 0 Å². The Hall–Kier alpha value is -0.770. The van der Waals surface area contributed by atoms with Gasteiger partial charge in [0.25, 0.3) is 0 Å². The molecule has 1 aliphatic heterocycles. The van der Waals surface area contributed by atoms with E-state index in [0.29, 0.717) is 30.6 Å². The van der Waals surface area contributed by atoms with Gasteiger partial charge in [-0.2, -0.15) is 0 Å². The lowest BCUT2D eigenvalue weighted by Gasteiger charge is -2.12. The van der Waals surface area contributed by atoms with E-state index in [0.717, 1.165) is 5.56 Å². The number of aryl methyl sites for hydroxylation is 1. The Kier molecular flexibility index (Phi) is 3.46. The van der Waals surface area contributed by atoms with Crippen molar-refractivity contribution < 1.29 is 14.2 Å². The third kappa shape index (κ3) is 2.84. The molecule has 0 aromatic heterocycles. The van der Waals surface area contributed by atoms with E-state index in [1.54, 1.807) is 0 Å². The van der Waals surface area contributed by atoms with E-state index in [9.17, 15) is 0 Å². The molecule has 2 rings (SSSR count). The van der Waals surface area contributed by atoms with Crippen molar-refractivity contribution in [3.05, 3.63) is 28.8 Å². The predicted molar refractivity (Wildman–Crippen MR) is 57.4 cm³/mol. The Labute approximate surface area is 93.9 Å². The number of halogens is 1. The molecule has 1 saturated heterocycles. The largest absolute Gasteiger partial charge is 0.487 e. The zero-order chi connectivity index (χ0) is 10.7. The van der Waals surface area contributed by atoms with Gasteiger partial charge >= 0.3 is 0 Å². The Morgan fingerprint density at radius 2 is 2.13 bits per heavy atom. The van der Waals surface area contributed by atoms with Gasteiger partial charge in [-0.1, -0.05) is 17.7 Å². The van der Waals surface area contributed by atoms with E-state index in [2.05, 4.69) is 0 Å². The minimum absolute atomic E-state index is 0.262. The van der Waals surface area contributed by atoms with Crippen LogP contribution in [0.2, 0.25) is 5.02 Å². The molecule has 0 N–H and O–H groups in total. The fourth-order valence-electron chi connectivity index (χ4n) is 1.38. The second-order valence-electron chi connectivity index (χ2n) is 3.42. The number of benzene rings is 1. The van der Waals surface area contributed by atoms with Gasteiger partial charge < -0.3 is 14.2 Å². The molecule has 0 spiro atoms. The minimum Gasteiger partial charge on any atom is -0.487 e. The molecule has 3 nitrogen and oxygen atoms in total. The topological polar surface area (TPSA) is 27.7 Å². The fourth-order valence-corrected chi connectivity index (χ4v) is 1.55. The van der Waals surface area contributed by atoms with Crippen LogP contribution in [-0.4, -0.2) is 26.1 Å². The molecule has 4 heteroatoms. The van der Waals surface area contributed by atoms with Crippen LogP contribution in [0.25, 0.3) is 0 Å². The lowest BCUT2D eigenvalue weighted by molar-refractivity contribution is -0.0684. The molecule has 0 radical (unpaired) electrons. The molecule has 1 aromatic carbocycles. The lowest BCUT2D eigenvalue weighted by Crippen LogP contribution is -2.18. The van der Waals surface area contributed by atoms with Crippen LogP contribution < -0.4 is 4.74 Å². The van der Waals surface area contributed by atoms with Crippen molar-refractivity contribution >= 4 is 11.6 Å². The average molecular weight is 229 g/mol. The maximum absolute atomic E-state index is 5.98. The summed E-state index contributed by atoms with van der Waals surface area (Å²) in [7, 11) is 0. The molecule has 0 unspecified atom stereocenters. The molecule has 1 heterocycles. The third-order valence-electron chi connectivity index (χ3n) is 2.15. The zero-order valence-electron chi connectivity index (χ0n) is 8.53. The van der Waals surface area contributed by atoms with E-state index in [1.807, 2.05) is 25.1 Å². The van der Waals surface area contributed by atoms with Crippen LogP contribution in [0, 0.1) is 6.92 Å². The summed E-state index contributed by atoms with van der Waals surface area (Å²) in [6.07, 6.45) is -0.262. The summed E-state index contributed by atoms with van der Waals surface area (Å²) in [4.78, 5) is 0. The second-order valence-corrected chi connectivity index (χ2v) is 3.82.